The molecule has 0 amide bonds. The van der Waals surface area contributed by atoms with Crippen molar-refractivity contribution in [1.82, 2.24) is 14.8 Å². The minimum atomic E-state index is -0.956. The van der Waals surface area contributed by atoms with Crippen molar-refractivity contribution >= 4 is 39.6 Å². The Morgan fingerprint density at radius 3 is 2.90 bits per heavy atom. The van der Waals surface area contributed by atoms with E-state index in [0.29, 0.717) is 20.9 Å². The van der Waals surface area contributed by atoms with Gasteiger partial charge in [-0.15, -0.1) is 10.2 Å². The lowest BCUT2D eigenvalue weighted by molar-refractivity contribution is -0.133. The summed E-state index contributed by atoms with van der Waals surface area (Å²) in [5.41, 5.74) is 6.89. The number of hydrogen-bond donors (Lipinski definition) is 2. The number of halogens is 1. The molecule has 20 heavy (non-hydrogen) atoms. The Balaban J connectivity index is 2.44. The van der Waals surface area contributed by atoms with E-state index in [-0.39, 0.29) is 11.7 Å². The van der Waals surface area contributed by atoms with Crippen LogP contribution in [0.4, 0.5) is 5.95 Å². The van der Waals surface area contributed by atoms with Crippen LogP contribution in [-0.2, 0) is 4.79 Å². The lowest BCUT2D eigenvalue weighted by atomic mass is 10.2. The van der Waals surface area contributed by atoms with Crippen LogP contribution in [0.2, 0.25) is 0 Å². The first kappa shape index (κ1) is 14.4. The van der Waals surface area contributed by atoms with Crippen LogP contribution in [0.15, 0.2) is 27.8 Å². The van der Waals surface area contributed by atoms with Gasteiger partial charge in [-0.2, -0.15) is 5.26 Å². The summed E-state index contributed by atoms with van der Waals surface area (Å²) >= 11 is 4.36. The second-order valence-electron chi connectivity index (χ2n) is 3.64. The predicted molar refractivity (Wildman–Crippen MR) is 76.5 cm³/mol. The molecule has 9 heteroatoms. The number of carboxylic acids is 1. The van der Waals surface area contributed by atoms with Gasteiger partial charge in [0.05, 0.1) is 23.1 Å². The summed E-state index contributed by atoms with van der Waals surface area (Å²) < 4.78 is 2.17. The maximum Gasteiger partial charge on any atom is 0.313 e. The zero-order valence-electron chi connectivity index (χ0n) is 9.95. The van der Waals surface area contributed by atoms with E-state index >= 15 is 0 Å². The number of nitriles is 1. The number of nitrogens with two attached hydrogens (primary N) is 1. The molecule has 0 aliphatic carbocycles. The van der Waals surface area contributed by atoms with Crippen LogP contribution in [0, 0.1) is 11.3 Å². The molecule has 0 saturated carbocycles. The Morgan fingerprint density at radius 1 is 1.55 bits per heavy atom. The molecule has 1 aromatic carbocycles. The number of hydrogen-bond acceptors (Lipinski definition) is 6. The second kappa shape index (κ2) is 5.94. The fraction of sp³-hybridized carbons (Fsp3) is 0.0909. The van der Waals surface area contributed by atoms with E-state index in [0.717, 1.165) is 11.8 Å². The highest BCUT2D eigenvalue weighted by molar-refractivity contribution is 9.10. The number of rotatable bonds is 4. The van der Waals surface area contributed by atoms with Crippen LogP contribution in [0.3, 0.4) is 0 Å². The number of carbonyl (C=O) groups is 1. The lowest BCUT2D eigenvalue weighted by Gasteiger charge is -2.09. The van der Waals surface area contributed by atoms with Gasteiger partial charge in [-0.05, 0) is 34.1 Å². The molecule has 0 aliphatic rings. The normalized spacial score (nSPS) is 10.2. The molecule has 1 aromatic heterocycles. The molecule has 2 rings (SSSR count). The van der Waals surface area contributed by atoms with Crippen molar-refractivity contribution < 1.29 is 9.90 Å². The van der Waals surface area contributed by atoms with Gasteiger partial charge in [0.2, 0.25) is 5.95 Å². The summed E-state index contributed by atoms with van der Waals surface area (Å²) in [7, 11) is 0. The number of nitrogens with zero attached hydrogens (tertiary/aromatic N) is 4. The van der Waals surface area contributed by atoms with E-state index in [1.165, 1.54) is 4.57 Å². The van der Waals surface area contributed by atoms with Crippen molar-refractivity contribution in [2.24, 2.45) is 0 Å². The van der Waals surface area contributed by atoms with Crippen LogP contribution in [0.25, 0.3) is 5.69 Å². The van der Waals surface area contributed by atoms with Gasteiger partial charge in [-0.1, -0.05) is 11.8 Å². The molecule has 2 aromatic rings. The number of thioether (sulfide) groups is 1. The Labute approximate surface area is 126 Å². The first-order valence-electron chi connectivity index (χ1n) is 5.28. The minimum Gasteiger partial charge on any atom is -0.481 e. The number of aliphatic carboxylic acids is 1. The van der Waals surface area contributed by atoms with Gasteiger partial charge in [0, 0.05) is 4.47 Å². The molecule has 0 spiro atoms. The zero-order chi connectivity index (χ0) is 14.7. The summed E-state index contributed by atoms with van der Waals surface area (Å²) in [4.78, 5) is 10.6. The number of carboxylic acid groups (broad SMARTS) is 1. The zero-order valence-corrected chi connectivity index (χ0v) is 12.3. The highest BCUT2D eigenvalue weighted by Crippen LogP contribution is 2.28. The quantitative estimate of drug-likeness (QED) is 0.802. The van der Waals surface area contributed by atoms with Crippen molar-refractivity contribution in [3.8, 4) is 11.8 Å². The van der Waals surface area contributed by atoms with Gasteiger partial charge in [-0.25, -0.2) is 0 Å². The topological polar surface area (TPSA) is 118 Å². The number of anilines is 1. The molecule has 0 aliphatic heterocycles. The fourth-order valence-corrected chi connectivity index (χ4v) is 2.71. The van der Waals surface area contributed by atoms with E-state index in [9.17, 15) is 4.79 Å². The van der Waals surface area contributed by atoms with E-state index in [4.69, 9.17) is 16.1 Å². The van der Waals surface area contributed by atoms with Gasteiger partial charge < -0.3 is 10.8 Å². The van der Waals surface area contributed by atoms with Crippen LogP contribution in [0.5, 0.6) is 0 Å². The first-order chi connectivity index (χ1) is 9.52. The number of benzene rings is 1. The maximum atomic E-state index is 10.6. The molecule has 7 nitrogen and oxygen atoms in total. The van der Waals surface area contributed by atoms with Crippen molar-refractivity contribution in [2.45, 2.75) is 5.16 Å². The Kier molecular flexibility index (Phi) is 4.26. The van der Waals surface area contributed by atoms with Crippen molar-refractivity contribution in [3.63, 3.8) is 0 Å². The molecule has 1 heterocycles. The molecular weight excluding hydrogens is 346 g/mol. The van der Waals surface area contributed by atoms with E-state index < -0.39 is 5.97 Å². The van der Waals surface area contributed by atoms with Crippen molar-refractivity contribution in [2.75, 3.05) is 11.5 Å². The molecule has 0 atom stereocenters. The molecule has 0 bridgehead atoms. The highest BCUT2D eigenvalue weighted by Gasteiger charge is 2.15. The molecule has 0 fully saturated rings. The molecule has 0 saturated heterocycles. The summed E-state index contributed by atoms with van der Waals surface area (Å²) in [5, 5.41) is 25.5. The molecule has 0 unspecified atom stereocenters. The smallest absolute Gasteiger partial charge is 0.313 e. The Bertz CT molecular complexity index is 709. The van der Waals surface area contributed by atoms with Crippen LogP contribution >= 0.6 is 27.7 Å². The Hall–Kier alpha value is -2.05. The van der Waals surface area contributed by atoms with E-state index in [2.05, 4.69) is 26.1 Å². The molecule has 3 N–H and O–H groups in total. The number of nitrogen functional groups attached to an aromatic ring is 1. The average molecular weight is 354 g/mol. The van der Waals surface area contributed by atoms with Crippen molar-refractivity contribution in [3.05, 3.63) is 28.2 Å². The number of aromatic nitrogens is 3. The van der Waals surface area contributed by atoms with Gasteiger partial charge in [-0.3, -0.25) is 9.36 Å². The third kappa shape index (κ3) is 2.92. The first-order valence-corrected chi connectivity index (χ1v) is 7.06. The van der Waals surface area contributed by atoms with Gasteiger partial charge >= 0.3 is 5.97 Å². The summed E-state index contributed by atoms with van der Waals surface area (Å²) in [5.74, 6) is -0.961. The van der Waals surface area contributed by atoms with E-state index in [1.807, 2.05) is 6.07 Å². The summed E-state index contributed by atoms with van der Waals surface area (Å²) in [6.45, 7) is 0. The monoisotopic (exact) mass is 353 g/mol. The summed E-state index contributed by atoms with van der Waals surface area (Å²) in [6.07, 6.45) is 0. The maximum absolute atomic E-state index is 10.6. The van der Waals surface area contributed by atoms with Crippen LogP contribution in [0.1, 0.15) is 5.56 Å². The van der Waals surface area contributed by atoms with Gasteiger partial charge in [0.15, 0.2) is 5.16 Å². The van der Waals surface area contributed by atoms with Gasteiger partial charge in [0.1, 0.15) is 0 Å². The predicted octanol–water partition coefficient (Wildman–Crippen LogP) is 1.66. The van der Waals surface area contributed by atoms with Crippen LogP contribution < -0.4 is 5.73 Å². The van der Waals surface area contributed by atoms with E-state index in [1.54, 1.807) is 18.2 Å². The third-order valence-corrected chi connectivity index (χ3v) is 3.85. The summed E-state index contributed by atoms with van der Waals surface area (Å²) in [6, 6.07) is 6.98. The Morgan fingerprint density at radius 2 is 2.30 bits per heavy atom. The minimum absolute atomic E-state index is 0.142. The average Bonchev–Trinajstić information content (AvgIpc) is 2.77. The van der Waals surface area contributed by atoms with Gasteiger partial charge in [0.25, 0.3) is 0 Å². The fourth-order valence-electron chi connectivity index (χ4n) is 1.49. The molecule has 102 valence electrons. The largest absolute Gasteiger partial charge is 0.481 e. The van der Waals surface area contributed by atoms with Crippen LogP contribution in [-0.4, -0.2) is 31.6 Å². The SMILES string of the molecule is N#Cc1ccc(-n2c(N)nnc2SCC(=O)O)c(Br)c1. The standard InChI is InChI=1S/C11H8BrN5O2S/c12-7-3-6(4-13)1-2-8(7)17-10(14)15-16-11(17)20-5-9(18)19/h1-3H,5H2,(H2,14,15)(H,18,19). The van der Waals surface area contributed by atoms with Crippen molar-refractivity contribution in [1.29, 1.82) is 5.26 Å². The second-order valence-corrected chi connectivity index (χ2v) is 5.43. The highest BCUT2D eigenvalue weighted by atomic mass is 79.9. The molecule has 0 radical (unpaired) electrons. The lowest BCUT2D eigenvalue weighted by Crippen LogP contribution is -2.05. The molecular formula is C11H8BrN5O2S. The third-order valence-electron chi connectivity index (χ3n) is 2.30.